The molecule has 1 saturated carbocycles. The fraction of sp³-hybridized carbons (Fsp3) is 0.833. The molecule has 0 aromatic carbocycles. The number of carbonyl (C=O) groups is 2. The van der Waals surface area contributed by atoms with Crippen molar-refractivity contribution in [2.45, 2.75) is 26.1 Å². The molecule has 0 aromatic heterocycles. The molecular weight excluding hydrogens is 238 g/mol. The van der Waals surface area contributed by atoms with Gasteiger partial charge in [0.25, 0.3) is 0 Å². The second-order valence-corrected chi connectivity index (χ2v) is 4.77. The maximum absolute atomic E-state index is 12.0. The monoisotopic (exact) mass is 259 g/mol. The minimum atomic E-state index is -0.894. The molecule has 0 heterocycles. The first-order valence-electron chi connectivity index (χ1n) is 6.05. The minimum absolute atomic E-state index is 0.225. The van der Waals surface area contributed by atoms with E-state index >= 15 is 0 Å². The number of nitrogens with one attached hydrogen (secondary N) is 1. The highest BCUT2D eigenvalue weighted by molar-refractivity contribution is 5.85. The molecule has 1 aliphatic carbocycles. The van der Waals surface area contributed by atoms with Gasteiger partial charge in [-0.3, -0.25) is 9.59 Å². The van der Waals surface area contributed by atoms with Crippen molar-refractivity contribution in [1.82, 2.24) is 5.32 Å². The van der Waals surface area contributed by atoms with Crippen LogP contribution in [0, 0.1) is 17.8 Å². The van der Waals surface area contributed by atoms with Crippen LogP contribution >= 0.6 is 0 Å². The van der Waals surface area contributed by atoms with Crippen molar-refractivity contribution in [3.63, 3.8) is 0 Å². The topological polar surface area (TPSA) is 84.9 Å². The summed E-state index contributed by atoms with van der Waals surface area (Å²) in [5.74, 6) is -1.89. The summed E-state index contributed by atoms with van der Waals surface area (Å²) >= 11 is 0. The van der Waals surface area contributed by atoms with Crippen molar-refractivity contribution in [3.8, 4) is 0 Å². The van der Waals surface area contributed by atoms with Crippen molar-refractivity contribution in [1.29, 1.82) is 0 Å². The van der Waals surface area contributed by atoms with Crippen LogP contribution in [-0.4, -0.2) is 44.0 Å². The maximum Gasteiger partial charge on any atom is 0.307 e. The molecule has 0 saturated heterocycles. The Morgan fingerprint density at radius 3 is 2.33 bits per heavy atom. The number of carboxylic acids is 1. The molecule has 3 unspecified atom stereocenters. The van der Waals surface area contributed by atoms with Crippen molar-refractivity contribution in [3.05, 3.63) is 0 Å². The normalized spacial score (nSPS) is 27.4. The Labute approximate surface area is 107 Å². The third-order valence-electron chi connectivity index (χ3n) is 3.42. The molecule has 104 valence electrons. The molecule has 1 fully saturated rings. The minimum Gasteiger partial charge on any atom is -0.481 e. The van der Waals surface area contributed by atoms with Crippen LogP contribution in [0.3, 0.4) is 0 Å². The lowest BCUT2D eigenvalue weighted by Crippen LogP contribution is -2.40. The van der Waals surface area contributed by atoms with E-state index in [9.17, 15) is 9.59 Å². The Morgan fingerprint density at radius 1 is 1.28 bits per heavy atom. The fourth-order valence-electron chi connectivity index (χ4n) is 2.43. The summed E-state index contributed by atoms with van der Waals surface area (Å²) in [6.45, 7) is 2.19. The third kappa shape index (κ3) is 3.68. The number of carboxylic acid groups (broad SMARTS) is 1. The molecular formula is C12H21NO5. The number of hydrogen-bond acceptors (Lipinski definition) is 4. The Hall–Kier alpha value is -1.14. The molecule has 0 spiro atoms. The van der Waals surface area contributed by atoms with Crippen molar-refractivity contribution < 1.29 is 24.2 Å². The number of carbonyl (C=O) groups excluding carboxylic acids is 1. The van der Waals surface area contributed by atoms with Gasteiger partial charge in [-0.1, -0.05) is 6.92 Å². The van der Waals surface area contributed by atoms with Gasteiger partial charge in [0.15, 0.2) is 6.29 Å². The van der Waals surface area contributed by atoms with Crippen molar-refractivity contribution >= 4 is 11.9 Å². The Morgan fingerprint density at radius 2 is 1.83 bits per heavy atom. The number of amides is 1. The van der Waals surface area contributed by atoms with Gasteiger partial charge in [0.2, 0.25) is 5.91 Å². The first-order valence-corrected chi connectivity index (χ1v) is 6.05. The first kappa shape index (κ1) is 14.9. The lowest BCUT2D eigenvalue weighted by atomic mass is 9.95. The Balaban J connectivity index is 2.52. The van der Waals surface area contributed by atoms with E-state index in [-0.39, 0.29) is 18.4 Å². The molecule has 0 aromatic rings. The largest absolute Gasteiger partial charge is 0.481 e. The lowest BCUT2D eigenvalue weighted by Gasteiger charge is -2.18. The van der Waals surface area contributed by atoms with Crippen LogP contribution in [0.15, 0.2) is 0 Å². The maximum atomic E-state index is 12.0. The van der Waals surface area contributed by atoms with Crippen LogP contribution in [0.1, 0.15) is 19.8 Å². The van der Waals surface area contributed by atoms with E-state index in [4.69, 9.17) is 14.6 Å². The molecule has 2 N–H and O–H groups in total. The highest BCUT2D eigenvalue weighted by Gasteiger charge is 2.41. The van der Waals surface area contributed by atoms with E-state index in [1.54, 1.807) is 0 Å². The molecule has 0 radical (unpaired) electrons. The average Bonchev–Trinajstić information content (AvgIpc) is 2.72. The second kappa shape index (κ2) is 6.70. The van der Waals surface area contributed by atoms with Crippen LogP contribution < -0.4 is 5.32 Å². The molecule has 6 nitrogen and oxygen atoms in total. The predicted molar refractivity (Wildman–Crippen MR) is 63.8 cm³/mol. The van der Waals surface area contributed by atoms with E-state index < -0.39 is 24.1 Å². The Bertz CT molecular complexity index is 303. The van der Waals surface area contributed by atoms with Gasteiger partial charge in [0, 0.05) is 14.2 Å². The smallest absolute Gasteiger partial charge is 0.307 e. The number of rotatable bonds is 6. The highest BCUT2D eigenvalue weighted by Crippen LogP contribution is 2.36. The predicted octanol–water partition coefficient (Wildman–Crippen LogP) is 0.468. The summed E-state index contributed by atoms with van der Waals surface area (Å²) in [5.41, 5.74) is 0. The highest BCUT2D eigenvalue weighted by atomic mass is 16.7. The van der Waals surface area contributed by atoms with E-state index in [0.29, 0.717) is 12.8 Å². The molecule has 18 heavy (non-hydrogen) atoms. The quantitative estimate of drug-likeness (QED) is 0.677. The average molecular weight is 259 g/mol. The van der Waals surface area contributed by atoms with Crippen LogP contribution in [-0.2, 0) is 19.1 Å². The van der Waals surface area contributed by atoms with Crippen LogP contribution in [0.25, 0.3) is 0 Å². The third-order valence-corrected chi connectivity index (χ3v) is 3.42. The van der Waals surface area contributed by atoms with Gasteiger partial charge in [-0.25, -0.2) is 0 Å². The second-order valence-electron chi connectivity index (χ2n) is 4.77. The van der Waals surface area contributed by atoms with Gasteiger partial charge in [0.05, 0.1) is 18.4 Å². The lowest BCUT2D eigenvalue weighted by molar-refractivity contribution is -0.146. The zero-order valence-electron chi connectivity index (χ0n) is 11.0. The van der Waals surface area contributed by atoms with Crippen molar-refractivity contribution in [2.75, 3.05) is 20.8 Å². The molecule has 6 heteroatoms. The summed E-state index contributed by atoms with van der Waals surface area (Å²) in [5, 5.41) is 11.8. The summed E-state index contributed by atoms with van der Waals surface area (Å²) < 4.78 is 9.91. The van der Waals surface area contributed by atoms with Gasteiger partial charge in [-0.15, -0.1) is 0 Å². The number of hydrogen-bond donors (Lipinski definition) is 2. The zero-order chi connectivity index (χ0) is 13.7. The number of ether oxygens (including phenoxy) is 2. The van der Waals surface area contributed by atoms with E-state index in [1.807, 2.05) is 6.92 Å². The molecule has 0 aliphatic heterocycles. The van der Waals surface area contributed by atoms with Gasteiger partial charge in [-0.2, -0.15) is 0 Å². The molecule has 1 rings (SSSR count). The van der Waals surface area contributed by atoms with Gasteiger partial charge in [0.1, 0.15) is 0 Å². The molecule has 1 aliphatic rings. The van der Waals surface area contributed by atoms with Gasteiger partial charge in [-0.05, 0) is 18.8 Å². The van der Waals surface area contributed by atoms with Gasteiger partial charge < -0.3 is 19.9 Å². The summed E-state index contributed by atoms with van der Waals surface area (Å²) in [7, 11) is 2.97. The van der Waals surface area contributed by atoms with E-state index in [0.717, 1.165) is 0 Å². The van der Waals surface area contributed by atoms with Crippen LogP contribution in [0.2, 0.25) is 0 Å². The Kier molecular flexibility index (Phi) is 5.55. The zero-order valence-corrected chi connectivity index (χ0v) is 11.0. The van der Waals surface area contributed by atoms with Crippen LogP contribution in [0.5, 0.6) is 0 Å². The number of aliphatic carboxylic acids is 1. The fourth-order valence-corrected chi connectivity index (χ4v) is 2.43. The standard InChI is InChI=1S/C12H21NO5/c1-7-4-8(9(5-7)12(15)16)11(14)13-6-10(17-2)18-3/h7-10H,4-6H2,1-3H3,(H,13,14)(H,15,16). The first-order chi connectivity index (χ1) is 8.49. The van der Waals surface area contributed by atoms with E-state index in [1.165, 1.54) is 14.2 Å². The van der Waals surface area contributed by atoms with E-state index in [2.05, 4.69) is 5.32 Å². The summed E-state index contributed by atoms with van der Waals surface area (Å²) in [6.07, 6.45) is 0.676. The number of methoxy groups -OCH3 is 2. The molecule has 3 atom stereocenters. The molecule has 1 amide bonds. The SMILES string of the molecule is COC(CNC(=O)C1CC(C)CC1C(=O)O)OC. The van der Waals surface area contributed by atoms with Gasteiger partial charge >= 0.3 is 5.97 Å². The summed E-state index contributed by atoms with van der Waals surface area (Å²) in [4.78, 5) is 23.0. The molecule has 0 bridgehead atoms. The van der Waals surface area contributed by atoms with Crippen molar-refractivity contribution in [2.24, 2.45) is 17.8 Å². The van der Waals surface area contributed by atoms with Crippen LogP contribution in [0.4, 0.5) is 0 Å². The summed E-state index contributed by atoms with van der Waals surface area (Å²) in [6, 6.07) is 0.